The fraction of sp³-hybridized carbons (Fsp3) is 0. The standard InChI is InChI=1S/C56H32N4OS/c1-3-15-33(16-4-1)55-57-51-40-22-10-13-25-47(40)61-53(51)56(58-55)60-46-30-28-35(34-27-29-45-42(31-34)37-19-9-12-24-44(37)59(45)36-17-5-2-6-18-36)32-43(46)49-50-41-23-11-14-26-48(41)62-54(50)39-21-8-7-20-38(39)52(49)60/h1-32H. The lowest BCUT2D eigenvalue weighted by atomic mass is 9.97. The SMILES string of the molecule is c1ccc(-c2nc(-n3c4ccc(-c5ccc6c(c5)c5ccccc5n6-c5ccccc5)cc4c4c5c6ccccc6sc5c5ccccc5c43)c3oc4ccccc4c3n2)cc1. The van der Waals surface area contributed by atoms with Gasteiger partial charge in [0.1, 0.15) is 11.1 Å². The van der Waals surface area contributed by atoms with Gasteiger partial charge in [0, 0.05) is 69.1 Å². The lowest BCUT2D eigenvalue weighted by Crippen LogP contribution is -2.02. The van der Waals surface area contributed by atoms with Crippen molar-refractivity contribution in [2.75, 3.05) is 0 Å². The summed E-state index contributed by atoms with van der Waals surface area (Å²) in [6, 6.07) is 69.4. The number of thiophene rings is 1. The van der Waals surface area contributed by atoms with Gasteiger partial charge in [-0.15, -0.1) is 11.3 Å². The van der Waals surface area contributed by atoms with Gasteiger partial charge in [0.05, 0.1) is 22.1 Å². The minimum Gasteiger partial charge on any atom is -0.450 e. The first kappa shape index (κ1) is 33.7. The van der Waals surface area contributed by atoms with Crippen molar-refractivity contribution < 1.29 is 4.42 Å². The minimum atomic E-state index is 0.653. The van der Waals surface area contributed by atoms with Crippen molar-refractivity contribution in [2.45, 2.75) is 0 Å². The highest BCUT2D eigenvalue weighted by Crippen LogP contribution is 2.49. The summed E-state index contributed by atoms with van der Waals surface area (Å²) < 4.78 is 14.1. The van der Waals surface area contributed by atoms with Crippen LogP contribution in [0.4, 0.5) is 0 Å². The molecule has 9 aromatic carbocycles. The van der Waals surface area contributed by atoms with Crippen LogP contribution in [0.3, 0.4) is 0 Å². The molecule has 5 aromatic heterocycles. The fourth-order valence-electron chi connectivity index (χ4n) is 10.0. The van der Waals surface area contributed by atoms with E-state index in [9.17, 15) is 0 Å². The van der Waals surface area contributed by atoms with E-state index in [0.29, 0.717) is 11.4 Å². The Bertz CT molecular complexity index is 4160. The highest BCUT2D eigenvalue weighted by atomic mass is 32.1. The zero-order valence-electron chi connectivity index (χ0n) is 33.1. The third kappa shape index (κ3) is 4.67. The number of rotatable bonds is 4. The van der Waals surface area contributed by atoms with Crippen LogP contribution >= 0.6 is 11.3 Å². The summed E-state index contributed by atoms with van der Waals surface area (Å²) in [4.78, 5) is 10.7. The molecule has 0 saturated heterocycles. The molecule has 0 unspecified atom stereocenters. The average Bonchev–Trinajstić information content (AvgIpc) is 4.09. The quantitative estimate of drug-likeness (QED) is 0.178. The first-order chi connectivity index (χ1) is 30.8. The Morgan fingerprint density at radius 3 is 1.84 bits per heavy atom. The molecule has 0 aliphatic rings. The molecule has 0 fully saturated rings. The summed E-state index contributed by atoms with van der Waals surface area (Å²) in [5, 5.41) is 10.7. The molecule has 0 atom stereocenters. The van der Waals surface area contributed by atoms with Crippen LogP contribution in [0.2, 0.25) is 0 Å². The molecule has 0 spiro atoms. The number of fused-ring (bicyclic) bond motifs is 16. The molecule has 14 rings (SSSR count). The Balaban J connectivity index is 1.13. The van der Waals surface area contributed by atoms with Crippen molar-refractivity contribution in [1.29, 1.82) is 0 Å². The van der Waals surface area contributed by atoms with Crippen molar-refractivity contribution in [3.8, 4) is 34.0 Å². The summed E-state index contributed by atoms with van der Waals surface area (Å²) in [5.74, 6) is 1.37. The maximum atomic E-state index is 6.81. The Morgan fingerprint density at radius 1 is 0.419 bits per heavy atom. The first-order valence-corrected chi connectivity index (χ1v) is 21.7. The van der Waals surface area contributed by atoms with Crippen LogP contribution in [0.5, 0.6) is 0 Å². The van der Waals surface area contributed by atoms with Gasteiger partial charge in [-0.2, -0.15) is 0 Å². The summed E-state index contributed by atoms with van der Waals surface area (Å²) in [5.41, 5.74) is 11.2. The van der Waals surface area contributed by atoms with Crippen LogP contribution in [0.15, 0.2) is 199 Å². The summed E-state index contributed by atoms with van der Waals surface area (Å²) in [7, 11) is 0. The van der Waals surface area contributed by atoms with Gasteiger partial charge in [-0.1, -0.05) is 133 Å². The summed E-state index contributed by atoms with van der Waals surface area (Å²) >= 11 is 1.87. The molecule has 0 aliphatic heterocycles. The number of aromatic nitrogens is 4. The second-order valence-corrected chi connectivity index (χ2v) is 17.1. The predicted octanol–water partition coefficient (Wildman–Crippen LogP) is 15.4. The lowest BCUT2D eigenvalue weighted by Gasteiger charge is -2.12. The fourth-order valence-corrected chi connectivity index (χ4v) is 11.3. The molecule has 14 aromatic rings. The zero-order chi connectivity index (χ0) is 40.5. The van der Waals surface area contributed by atoms with Crippen LogP contribution in [0, 0.1) is 0 Å². The van der Waals surface area contributed by atoms with E-state index in [1.165, 1.54) is 58.1 Å². The van der Waals surface area contributed by atoms with E-state index >= 15 is 0 Å². The Hall–Kier alpha value is -8.06. The van der Waals surface area contributed by atoms with Crippen molar-refractivity contribution >= 4 is 108 Å². The molecule has 0 saturated carbocycles. The number of hydrogen-bond donors (Lipinski definition) is 0. The highest BCUT2D eigenvalue weighted by Gasteiger charge is 2.26. The third-order valence-corrected chi connectivity index (χ3v) is 13.9. The lowest BCUT2D eigenvalue weighted by molar-refractivity contribution is 0.662. The highest BCUT2D eigenvalue weighted by molar-refractivity contribution is 7.27. The molecule has 0 aliphatic carbocycles. The van der Waals surface area contributed by atoms with E-state index in [1.54, 1.807) is 0 Å². The molecule has 288 valence electrons. The molecule has 0 bridgehead atoms. The van der Waals surface area contributed by atoms with E-state index in [1.807, 2.05) is 47.7 Å². The van der Waals surface area contributed by atoms with Crippen LogP contribution in [0.25, 0.3) is 131 Å². The minimum absolute atomic E-state index is 0.653. The van der Waals surface area contributed by atoms with Crippen molar-refractivity contribution in [3.05, 3.63) is 194 Å². The second-order valence-electron chi connectivity index (χ2n) is 16.1. The molecule has 5 heterocycles. The Morgan fingerprint density at radius 2 is 1.03 bits per heavy atom. The van der Waals surface area contributed by atoms with Crippen molar-refractivity contribution in [1.82, 2.24) is 19.1 Å². The van der Waals surface area contributed by atoms with E-state index in [-0.39, 0.29) is 0 Å². The summed E-state index contributed by atoms with van der Waals surface area (Å²) in [6.45, 7) is 0. The van der Waals surface area contributed by atoms with E-state index in [2.05, 4.69) is 167 Å². The van der Waals surface area contributed by atoms with Gasteiger partial charge >= 0.3 is 0 Å². The third-order valence-electron chi connectivity index (χ3n) is 12.7. The Labute approximate surface area is 358 Å². The molecule has 6 heteroatoms. The Kier molecular flexibility index (Phi) is 6.92. The average molecular weight is 809 g/mol. The van der Waals surface area contributed by atoms with Gasteiger partial charge in [0.25, 0.3) is 0 Å². The van der Waals surface area contributed by atoms with Crippen LogP contribution < -0.4 is 0 Å². The van der Waals surface area contributed by atoms with Crippen LogP contribution in [-0.4, -0.2) is 19.1 Å². The van der Waals surface area contributed by atoms with Crippen molar-refractivity contribution in [2.24, 2.45) is 0 Å². The van der Waals surface area contributed by atoms with Crippen LogP contribution in [-0.2, 0) is 0 Å². The molecular weight excluding hydrogens is 777 g/mol. The summed E-state index contributed by atoms with van der Waals surface area (Å²) in [6.07, 6.45) is 0. The monoisotopic (exact) mass is 808 g/mol. The van der Waals surface area contributed by atoms with Gasteiger partial charge in [-0.05, 0) is 71.8 Å². The molecule has 5 nitrogen and oxygen atoms in total. The molecule has 0 radical (unpaired) electrons. The largest absolute Gasteiger partial charge is 0.450 e. The van der Waals surface area contributed by atoms with Crippen molar-refractivity contribution in [3.63, 3.8) is 0 Å². The van der Waals surface area contributed by atoms with Gasteiger partial charge < -0.3 is 8.98 Å². The van der Waals surface area contributed by atoms with E-state index in [0.717, 1.165) is 61.1 Å². The molecule has 0 N–H and O–H groups in total. The van der Waals surface area contributed by atoms with Crippen LogP contribution in [0.1, 0.15) is 0 Å². The number of furan rings is 1. The molecular formula is C56H32N4OS. The normalized spacial score (nSPS) is 12.2. The topological polar surface area (TPSA) is 48.8 Å². The number of hydrogen-bond acceptors (Lipinski definition) is 4. The van der Waals surface area contributed by atoms with E-state index in [4.69, 9.17) is 14.4 Å². The van der Waals surface area contributed by atoms with Gasteiger partial charge in [0.2, 0.25) is 0 Å². The maximum absolute atomic E-state index is 6.81. The zero-order valence-corrected chi connectivity index (χ0v) is 33.9. The van der Waals surface area contributed by atoms with Gasteiger partial charge in [-0.3, -0.25) is 4.57 Å². The maximum Gasteiger partial charge on any atom is 0.197 e. The predicted molar refractivity (Wildman–Crippen MR) is 259 cm³/mol. The number of benzene rings is 9. The second kappa shape index (κ2) is 12.7. The van der Waals surface area contributed by atoms with Gasteiger partial charge in [0.15, 0.2) is 17.2 Å². The number of para-hydroxylation sites is 3. The number of nitrogens with zero attached hydrogens (tertiary/aromatic N) is 4. The van der Waals surface area contributed by atoms with E-state index < -0.39 is 0 Å². The molecule has 0 amide bonds. The smallest absolute Gasteiger partial charge is 0.197 e. The van der Waals surface area contributed by atoms with Gasteiger partial charge in [-0.25, -0.2) is 9.97 Å². The molecule has 62 heavy (non-hydrogen) atoms. The first-order valence-electron chi connectivity index (χ1n) is 20.9.